The highest BCUT2D eigenvalue weighted by molar-refractivity contribution is 7.16. The molecule has 4 nitrogen and oxygen atoms in total. The minimum Gasteiger partial charge on any atom is -0.340 e. The molecule has 116 valence electrons. The van der Waals surface area contributed by atoms with Gasteiger partial charge in [-0.1, -0.05) is 11.6 Å². The van der Waals surface area contributed by atoms with Gasteiger partial charge in [-0.25, -0.2) is 0 Å². The van der Waals surface area contributed by atoms with Crippen LogP contribution in [0.15, 0.2) is 12.1 Å². The lowest BCUT2D eigenvalue weighted by Gasteiger charge is -2.35. The number of thiophene rings is 1. The average Bonchev–Trinajstić information content (AvgIpc) is 3.08. The number of hydrogen-bond acceptors (Lipinski definition) is 4. The molecule has 2 aliphatic rings. The summed E-state index contributed by atoms with van der Waals surface area (Å²) in [5.41, 5.74) is 5.91. The fourth-order valence-electron chi connectivity index (χ4n) is 3.28. The molecule has 1 aromatic heterocycles. The molecule has 2 unspecified atom stereocenters. The molecule has 1 amide bonds. The van der Waals surface area contributed by atoms with Crippen molar-refractivity contribution in [3.8, 4) is 0 Å². The van der Waals surface area contributed by atoms with E-state index in [0.29, 0.717) is 5.91 Å². The topological polar surface area (TPSA) is 49.6 Å². The molecule has 0 bridgehead atoms. The second kappa shape index (κ2) is 6.65. The van der Waals surface area contributed by atoms with Crippen molar-refractivity contribution >= 4 is 28.8 Å². The third kappa shape index (κ3) is 3.77. The maximum absolute atomic E-state index is 12.5. The van der Waals surface area contributed by atoms with Crippen LogP contribution >= 0.6 is 22.9 Å². The lowest BCUT2D eigenvalue weighted by Crippen LogP contribution is -2.49. The normalized spacial score (nSPS) is 27.2. The van der Waals surface area contributed by atoms with Gasteiger partial charge >= 0.3 is 0 Å². The molecule has 1 aromatic rings. The first-order valence-electron chi connectivity index (χ1n) is 7.63. The number of carbonyl (C=O) groups excluding carboxylic acids is 1. The van der Waals surface area contributed by atoms with E-state index in [9.17, 15) is 4.79 Å². The van der Waals surface area contributed by atoms with E-state index in [4.69, 9.17) is 17.3 Å². The Kier molecular flexibility index (Phi) is 4.84. The van der Waals surface area contributed by atoms with Crippen molar-refractivity contribution in [3.05, 3.63) is 21.3 Å². The van der Waals surface area contributed by atoms with Crippen LogP contribution in [0.1, 0.15) is 24.1 Å². The Morgan fingerprint density at radius 1 is 1.29 bits per heavy atom. The van der Waals surface area contributed by atoms with Crippen LogP contribution in [0.4, 0.5) is 0 Å². The quantitative estimate of drug-likeness (QED) is 0.925. The van der Waals surface area contributed by atoms with Gasteiger partial charge in [0.05, 0.1) is 4.34 Å². The Morgan fingerprint density at radius 3 is 2.62 bits per heavy atom. The molecule has 1 saturated heterocycles. The first kappa shape index (κ1) is 15.3. The van der Waals surface area contributed by atoms with Crippen LogP contribution in [0.25, 0.3) is 0 Å². The summed E-state index contributed by atoms with van der Waals surface area (Å²) >= 11 is 7.60. The van der Waals surface area contributed by atoms with Crippen LogP contribution < -0.4 is 5.73 Å². The van der Waals surface area contributed by atoms with E-state index < -0.39 is 0 Å². The second-order valence-electron chi connectivity index (χ2n) is 6.08. The highest BCUT2D eigenvalue weighted by atomic mass is 35.5. The van der Waals surface area contributed by atoms with E-state index in [1.54, 1.807) is 11.3 Å². The SMILES string of the molecule is NC1CCC(C(=O)N2CCN(Cc3ccc(Cl)s3)CC2)C1. The van der Waals surface area contributed by atoms with E-state index in [1.165, 1.54) is 4.88 Å². The van der Waals surface area contributed by atoms with Crippen molar-refractivity contribution in [2.24, 2.45) is 11.7 Å². The molecule has 0 spiro atoms. The van der Waals surface area contributed by atoms with Crippen molar-refractivity contribution in [2.75, 3.05) is 26.2 Å². The molecule has 0 aromatic carbocycles. The average molecular weight is 328 g/mol. The molecule has 2 N–H and O–H groups in total. The molecule has 6 heteroatoms. The fraction of sp³-hybridized carbons (Fsp3) is 0.667. The standard InChI is InChI=1S/C15H22ClN3OS/c16-14-4-3-13(21-14)10-18-5-7-19(8-6-18)15(20)11-1-2-12(17)9-11/h3-4,11-12H,1-2,5-10,17H2. The third-order valence-electron chi connectivity index (χ3n) is 4.51. The number of nitrogens with two attached hydrogens (primary N) is 1. The van der Waals surface area contributed by atoms with Gasteiger partial charge in [-0.15, -0.1) is 11.3 Å². The Hall–Kier alpha value is -0.620. The van der Waals surface area contributed by atoms with Crippen LogP contribution in [0.5, 0.6) is 0 Å². The Balaban J connectivity index is 1.47. The minimum absolute atomic E-state index is 0.169. The zero-order chi connectivity index (χ0) is 14.8. The summed E-state index contributed by atoms with van der Waals surface area (Å²) in [5.74, 6) is 0.490. The first-order chi connectivity index (χ1) is 10.1. The first-order valence-corrected chi connectivity index (χ1v) is 8.82. The van der Waals surface area contributed by atoms with Gasteiger partial charge in [0.25, 0.3) is 0 Å². The van der Waals surface area contributed by atoms with Crippen LogP contribution in [0.3, 0.4) is 0 Å². The predicted octanol–water partition coefficient (Wildman–Crippen LogP) is 2.17. The summed E-state index contributed by atoms with van der Waals surface area (Å²) in [4.78, 5) is 18.2. The summed E-state index contributed by atoms with van der Waals surface area (Å²) in [6, 6.07) is 4.26. The highest BCUT2D eigenvalue weighted by Gasteiger charge is 2.32. The number of halogens is 1. The van der Waals surface area contributed by atoms with Crippen molar-refractivity contribution < 1.29 is 4.79 Å². The van der Waals surface area contributed by atoms with Gasteiger partial charge in [-0.05, 0) is 31.4 Å². The predicted molar refractivity (Wildman–Crippen MR) is 86.5 cm³/mol. The Morgan fingerprint density at radius 2 is 2.05 bits per heavy atom. The number of nitrogens with zero attached hydrogens (tertiary/aromatic N) is 2. The molecular weight excluding hydrogens is 306 g/mol. The summed E-state index contributed by atoms with van der Waals surface area (Å²) in [5, 5.41) is 0. The van der Waals surface area contributed by atoms with Crippen LogP contribution in [-0.2, 0) is 11.3 Å². The lowest BCUT2D eigenvalue weighted by molar-refractivity contribution is -0.137. The molecule has 1 aliphatic carbocycles. The summed E-state index contributed by atoms with van der Waals surface area (Å²) in [6.07, 6.45) is 2.83. The van der Waals surface area contributed by atoms with Gasteiger partial charge < -0.3 is 10.6 Å². The van der Waals surface area contributed by atoms with E-state index in [-0.39, 0.29) is 12.0 Å². The van der Waals surface area contributed by atoms with E-state index in [1.807, 2.05) is 11.0 Å². The maximum Gasteiger partial charge on any atom is 0.225 e. The zero-order valence-electron chi connectivity index (χ0n) is 12.1. The molecule has 3 rings (SSSR count). The van der Waals surface area contributed by atoms with Crippen molar-refractivity contribution in [1.82, 2.24) is 9.80 Å². The van der Waals surface area contributed by atoms with Gasteiger partial charge in [-0.3, -0.25) is 9.69 Å². The maximum atomic E-state index is 12.5. The van der Waals surface area contributed by atoms with Crippen LogP contribution in [-0.4, -0.2) is 47.9 Å². The van der Waals surface area contributed by atoms with Crippen LogP contribution in [0, 0.1) is 5.92 Å². The number of hydrogen-bond donors (Lipinski definition) is 1. The van der Waals surface area contributed by atoms with Gasteiger partial charge in [-0.2, -0.15) is 0 Å². The van der Waals surface area contributed by atoms with E-state index in [0.717, 1.165) is 56.3 Å². The molecule has 1 aliphatic heterocycles. The molecule has 1 saturated carbocycles. The number of amides is 1. The van der Waals surface area contributed by atoms with Crippen molar-refractivity contribution in [2.45, 2.75) is 31.8 Å². The van der Waals surface area contributed by atoms with Crippen molar-refractivity contribution in [3.63, 3.8) is 0 Å². The van der Waals surface area contributed by atoms with Gasteiger partial charge in [0, 0.05) is 49.6 Å². The fourth-order valence-corrected chi connectivity index (χ4v) is 4.41. The second-order valence-corrected chi connectivity index (χ2v) is 7.88. The van der Waals surface area contributed by atoms with Gasteiger partial charge in [0.1, 0.15) is 0 Å². The molecule has 0 radical (unpaired) electrons. The zero-order valence-corrected chi connectivity index (χ0v) is 13.7. The number of rotatable bonds is 3. The summed E-state index contributed by atoms with van der Waals surface area (Å²) in [7, 11) is 0. The van der Waals surface area contributed by atoms with Crippen LogP contribution in [0.2, 0.25) is 4.34 Å². The lowest BCUT2D eigenvalue weighted by atomic mass is 10.1. The van der Waals surface area contributed by atoms with E-state index >= 15 is 0 Å². The monoisotopic (exact) mass is 327 g/mol. The Bertz CT molecular complexity index is 499. The van der Waals surface area contributed by atoms with Gasteiger partial charge in [0.15, 0.2) is 0 Å². The smallest absolute Gasteiger partial charge is 0.225 e. The number of carbonyl (C=O) groups is 1. The summed E-state index contributed by atoms with van der Waals surface area (Å²) in [6.45, 7) is 4.50. The molecular formula is C15H22ClN3OS. The van der Waals surface area contributed by atoms with Crippen molar-refractivity contribution in [1.29, 1.82) is 0 Å². The van der Waals surface area contributed by atoms with Gasteiger partial charge in [0.2, 0.25) is 5.91 Å². The summed E-state index contributed by atoms with van der Waals surface area (Å²) < 4.78 is 0.844. The Labute approximate surface area is 134 Å². The molecule has 2 heterocycles. The highest BCUT2D eigenvalue weighted by Crippen LogP contribution is 2.27. The molecule has 2 atom stereocenters. The number of piperazine rings is 1. The minimum atomic E-state index is 0.169. The molecule has 21 heavy (non-hydrogen) atoms. The third-order valence-corrected chi connectivity index (χ3v) is 5.73. The van der Waals surface area contributed by atoms with E-state index in [2.05, 4.69) is 11.0 Å². The molecule has 2 fully saturated rings. The largest absolute Gasteiger partial charge is 0.340 e.